The molecule has 2 N–H and O–H groups in total. The third-order valence-electron chi connectivity index (χ3n) is 3.87. The summed E-state index contributed by atoms with van der Waals surface area (Å²) >= 11 is 0. The predicted octanol–water partition coefficient (Wildman–Crippen LogP) is 2.93. The first kappa shape index (κ1) is 19.8. The first-order valence-corrected chi connectivity index (χ1v) is 8.72. The van der Waals surface area contributed by atoms with Crippen molar-refractivity contribution in [3.05, 3.63) is 35.9 Å². The van der Waals surface area contributed by atoms with Gasteiger partial charge in [-0.15, -0.1) is 0 Å². The highest BCUT2D eigenvalue weighted by atomic mass is 16.6. The number of alkyl carbamates (subject to hydrolysis) is 2. The molecule has 2 atom stereocenters. The van der Waals surface area contributed by atoms with Gasteiger partial charge in [-0.05, 0) is 39.2 Å². The number of benzene rings is 1. The van der Waals surface area contributed by atoms with Gasteiger partial charge in [0.15, 0.2) is 5.78 Å². The summed E-state index contributed by atoms with van der Waals surface area (Å²) in [6, 6.07) is 8.46. The highest BCUT2D eigenvalue weighted by molar-refractivity contribution is 5.88. The van der Waals surface area contributed by atoms with Crippen LogP contribution in [0.5, 0.6) is 0 Å². The normalized spacial score (nSPS) is 20.2. The fourth-order valence-electron chi connectivity index (χ4n) is 2.68. The van der Waals surface area contributed by atoms with E-state index in [2.05, 4.69) is 10.6 Å². The molecule has 0 saturated heterocycles. The third kappa shape index (κ3) is 6.74. The van der Waals surface area contributed by atoms with Crippen molar-refractivity contribution in [2.75, 3.05) is 0 Å². The molecule has 0 heterocycles. The Morgan fingerprint density at radius 3 is 2.46 bits per heavy atom. The van der Waals surface area contributed by atoms with Crippen molar-refractivity contribution in [2.45, 2.75) is 64.3 Å². The highest BCUT2D eigenvalue weighted by Crippen LogP contribution is 2.17. The number of Topliss-reactive ketones (excluding diaryl/α,β-unsaturated/α-hetero) is 1. The molecule has 1 aliphatic rings. The van der Waals surface area contributed by atoms with Crippen LogP contribution in [0.25, 0.3) is 0 Å². The van der Waals surface area contributed by atoms with Gasteiger partial charge < -0.3 is 20.1 Å². The van der Waals surface area contributed by atoms with Gasteiger partial charge >= 0.3 is 12.2 Å². The largest absolute Gasteiger partial charge is 0.445 e. The number of amides is 2. The number of hydrogen-bond donors (Lipinski definition) is 2. The number of rotatable bonds is 4. The molecule has 0 aliphatic heterocycles. The van der Waals surface area contributed by atoms with Crippen LogP contribution in [0.2, 0.25) is 0 Å². The maximum Gasteiger partial charge on any atom is 0.408 e. The molecule has 1 aromatic rings. The topological polar surface area (TPSA) is 93.7 Å². The summed E-state index contributed by atoms with van der Waals surface area (Å²) in [5.74, 6) is -0.0634. The van der Waals surface area contributed by atoms with Crippen molar-refractivity contribution < 1.29 is 23.9 Å². The van der Waals surface area contributed by atoms with E-state index in [0.717, 1.165) is 5.56 Å². The molecule has 0 bridgehead atoms. The minimum atomic E-state index is -0.668. The molecule has 0 spiro atoms. The van der Waals surface area contributed by atoms with Crippen LogP contribution in [0.15, 0.2) is 30.3 Å². The quantitative estimate of drug-likeness (QED) is 0.859. The van der Waals surface area contributed by atoms with Gasteiger partial charge in [-0.3, -0.25) is 4.79 Å². The zero-order valence-corrected chi connectivity index (χ0v) is 15.4. The van der Waals surface area contributed by atoms with Crippen molar-refractivity contribution in [1.29, 1.82) is 0 Å². The molecule has 7 nitrogen and oxygen atoms in total. The molecule has 1 aromatic carbocycles. The van der Waals surface area contributed by atoms with Gasteiger partial charge in [0.05, 0.1) is 6.04 Å². The van der Waals surface area contributed by atoms with Crippen LogP contribution in [-0.2, 0) is 20.9 Å². The van der Waals surface area contributed by atoms with Crippen LogP contribution in [0.4, 0.5) is 9.59 Å². The first-order chi connectivity index (χ1) is 12.2. The minimum Gasteiger partial charge on any atom is -0.445 e. The van der Waals surface area contributed by atoms with E-state index in [9.17, 15) is 14.4 Å². The van der Waals surface area contributed by atoms with Crippen LogP contribution in [0.1, 0.15) is 45.6 Å². The number of carbonyl (C=O) groups is 3. The molecule has 2 amide bonds. The summed E-state index contributed by atoms with van der Waals surface area (Å²) in [5.41, 5.74) is 0.256. The number of ether oxygens (including phenoxy) is 2. The van der Waals surface area contributed by atoms with Gasteiger partial charge in [0.1, 0.15) is 12.2 Å². The van der Waals surface area contributed by atoms with Crippen molar-refractivity contribution in [3.63, 3.8) is 0 Å². The average molecular weight is 362 g/mol. The van der Waals surface area contributed by atoms with Crippen molar-refractivity contribution >= 4 is 18.0 Å². The lowest BCUT2D eigenvalue weighted by molar-refractivity contribution is -0.123. The Morgan fingerprint density at radius 1 is 1.12 bits per heavy atom. The van der Waals surface area contributed by atoms with E-state index in [0.29, 0.717) is 12.8 Å². The predicted molar refractivity (Wildman–Crippen MR) is 95.6 cm³/mol. The molecule has 26 heavy (non-hydrogen) atoms. The Labute approximate surface area is 153 Å². The number of carbonyl (C=O) groups excluding carboxylic acids is 3. The summed E-state index contributed by atoms with van der Waals surface area (Å²) in [4.78, 5) is 35.8. The van der Waals surface area contributed by atoms with Gasteiger partial charge in [0.25, 0.3) is 0 Å². The maximum atomic E-state index is 12.0. The second-order valence-corrected chi connectivity index (χ2v) is 7.34. The van der Waals surface area contributed by atoms with E-state index in [1.807, 2.05) is 30.3 Å². The lowest BCUT2D eigenvalue weighted by Crippen LogP contribution is -2.51. The molecule has 2 rings (SSSR count). The lowest BCUT2D eigenvalue weighted by atomic mass is 9.90. The molecule has 1 saturated carbocycles. The highest BCUT2D eigenvalue weighted by Gasteiger charge is 2.32. The van der Waals surface area contributed by atoms with Gasteiger partial charge in [0.2, 0.25) is 0 Å². The molecule has 7 heteroatoms. The molecular formula is C19H26N2O5. The van der Waals surface area contributed by atoms with E-state index in [-0.39, 0.29) is 24.9 Å². The van der Waals surface area contributed by atoms with Crippen molar-refractivity contribution in [1.82, 2.24) is 10.6 Å². The SMILES string of the molecule is CC(C)(C)OC(=O)N[C@@H]1C[C@@H](NC(=O)OCc2ccccc2)CCC1=O. The first-order valence-electron chi connectivity index (χ1n) is 8.72. The molecule has 0 aromatic heterocycles. The van der Waals surface area contributed by atoms with Gasteiger partial charge in [-0.25, -0.2) is 9.59 Å². The monoisotopic (exact) mass is 362 g/mol. The number of ketones is 1. The molecule has 1 fully saturated rings. The fraction of sp³-hybridized carbons (Fsp3) is 0.526. The summed E-state index contributed by atoms with van der Waals surface area (Å²) < 4.78 is 10.4. The van der Waals surface area contributed by atoms with Crippen molar-refractivity contribution in [3.8, 4) is 0 Å². The zero-order valence-electron chi connectivity index (χ0n) is 15.4. The van der Waals surface area contributed by atoms with Gasteiger partial charge in [0, 0.05) is 12.5 Å². The zero-order chi connectivity index (χ0) is 19.2. The van der Waals surface area contributed by atoms with E-state index in [1.54, 1.807) is 20.8 Å². The molecule has 1 aliphatic carbocycles. The van der Waals surface area contributed by atoms with Crippen LogP contribution in [0, 0.1) is 0 Å². The summed E-state index contributed by atoms with van der Waals surface area (Å²) in [5, 5.41) is 5.34. The lowest BCUT2D eigenvalue weighted by Gasteiger charge is -2.30. The average Bonchev–Trinajstić information content (AvgIpc) is 2.55. The van der Waals surface area contributed by atoms with E-state index < -0.39 is 23.8 Å². The smallest absolute Gasteiger partial charge is 0.408 e. The molecular weight excluding hydrogens is 336 g/mol. The van der Waals surface area contributed by atoms with Crippen LogP contribution >= 0.6 is 0 Å². The van der Waals surface area contributed by atoms with Crippen LogP contribution < -0.4 is 10.6 Å². The maximum absolute atomic E-state index is 12.0. The summed E-state index contributed by atoms with van der Waals surface area (Å²) in [6.07, 6.45) is -0.0543. The molecule has 0 unspecified atom stereocenters. The van der Waals surface area contributed by atoms with Crippen LogP contribution in [0.3, 0.4) is 0 Å². The molecule has 142 valence electrons. The second-order valence-electron chi connectivity index (χ2n) is 7.34. The van der Waals surface area contributed by atoms with Crippen LogP contribution in [-0.4, -0.2) is 35.7 Å². The summed E-state index contributed by atoms with van der Waals surface area (Å²) in [7, 11) is 0. The third-order valence-corrected chi connectivity index (χ3v) is 3.87. The Morgan fingerprint density at radius 2 is 1.81 bits per heavy atom. The standard InChI is InChI=1S/C19H26N2O5/c1-19(2,3)26-18(24)21-15-11-14(9-10-16(15)22)20-17(23)25-12-13-7-5-4-6-8-13/h4-8,14-15H,9-12H2,1-3H3,(H,20,23)(H,21,24)/t14-,15+/m0/s1. The van der Waals surface area contributed by atoms with E-state index in [1.165, 1.54) is 0 Å². The summed E-state index contributed by atoms with van der Waals surface area (Å²) in [6.45, 7) is 5.44. The Hall–Kier alpha value is -2.57. The fourth-order valence-corrected chi connectivity index (χ4v) is 2.68. The minimum absolute atomic E-state index is 0.0634. The Bertz CT molecular complexity index is 639. The van der Waals surface area contributed by atoms with Gasteiger partial charge in [-0.1, -0.05) is 30.3 Å². The second kappa shape index (κ2) is 8.69. The number of nitrogens with one attached hydrogen (secondary N) is 2. The Balaban J connectivity index is 1.80. The Kier molecular flexibility index (Phi) is 6.60. The van der Waals surface area contributed by atoms with Crippen molar-refractivity contribution in [2.24, 2.45) is 0 Å². The van der Waals surface area contributed by atoms with E-state index in [4.69, 9.17) is 9.47 Å². The van der Waals surface area contributed by atoms with Gasteiger partial charge in [-0.2, -0.15) is 0 Å². The van der Waals surface area contributed by atoms with E-state index >= 15 is 0 Å². The molecule has 0 radical (unpaired) electrons. The number of hydrogen-bond acceptors (Lipinski definition) is 5.